The monoisotopic (exact) mass is 643 g/mol. The third-order valence-electron chi connectivity index (χ3n) is 6.74. The summed E-state index contributed by atoms with van der Waals surface area (Å²) in [5, 5.41) is 8.74. The third kappa shape index (κ3) is 9.14. The molecule has 0 saturated heterocycles. The van der Waals surface area contributed by atoms with E-state index in [4.69, 9.17) is 21.1 Å². The Balaban J connectivity index is 1.54. The van der Waals surface area contributed by atoms with Crippen LogP contribution in [0.2, 0.25) is 5.02 Å². The molecular weight excluding hydrogens is 610 g/mol. The van der Waals surface area contributed by atoms with Gasteiger partial charge in [0.1, 0.15) is 17.2 Å². The number of hydrogen-bond donors (Lipinski definition) is 3. The normalized spacial score (nSPS) is 11.7. The first kappa shape index (κ1) is 33.2. The first-order valence-corrected chi connectivity index (χ1v) is 15.4. The van der Waals surface area contributed by atoms with Crippen LogP contribution >= 0.6 is 23.4 Å². The Morgan fingerprint density at radius 3 is 2.31 bits per heavy atom. The maximum absolute atomic E-state index is 13.6. The quantitative estimate of drug-likeness (QED) is 0.109. The molecule has 0 radical (unpaired) electrons. The van der Waals surface area contributed by atoms with Gasteiger partial charge in [0.15, 0.2) is 0 Å². The van der Waals surface area contributed by atoms with E-state index in [0.29, 0.717) is 45.4 Å². The summed E-state index contributed by atoms with van der Waals surface area (Å²) in [5.74, 6) is -0.0944. The van der Waals surface area contributed by atoms with Gasteiger partial charge in [0.2, 0.25) is 5.91 Å². The lowest BCUT2D eigenvalue weighted by Crippen LogP contribution is -2.30. The summed E-state index contributed by atoms with van der Waals surface area (Å²) in [7, 11) is 3.06. The van der Waals surface area contributed by atoms with E-state index in [-0.39, 0.29) is 16.9 Å². The molecule has 4 aromatic carbocycles. The Labute approximate surface area is 272 Å². The van der Waals surface area contributed by atoms with Crippen molar-refractivity contribution in [2.75, 3.05) is 24.9 Å². The van der Waals surface area contributed by atoms with Crippen LogP contribution < -0.4 is 25.4 Å². The maximum atomic E-state index is 13.6. The van der Waals surface area contributed by atoms with Gasteiger partial charge in [0.25, 0.3) is 11.8 Å². The molecule has 232 valence electrons. The summed E-state index contributed by atoms with van der Waals surface area (Å²) >= 11 is 7.61. The highest BCUT2D eigenvalue weighted by atomic mass is 35.5. The number of amides is 3. The van der Waals surface area contributed by atoms with Crippen LogP contribution in [0, 0.1) is 6.92 Å². The van der Waals surface area contributed by atoms with Gasteiger partial charge < -0.3 is 25.4 Å². The van der Waals surface area contributed by atoms with E-state index in [1.165, 1.54) is 18.9 Å². The van der Waals surface area contributed by atoms with Gasteiger partial charge in [-0.3, -0.25) is 14.4 Å². The molecular formula is C35H34ClN3O5S. The number of rotatable bonds is 12. The number of carbonyl (C=O) groups is 3. The molecule has 0 saturated carbocycles. The Hall–Kier alpha value is -4.73. The average molecular weight is 644 g/mol. The number of anilines is 2. The Bertz CT molecular complexity index is 1710. The lowest BCUT2D eigenvalue weighted by molar-refractivity contribution is -0.116. The molecule has 0 bridgehead atoms. The van der Waals surface area contributed by atoms with Gasteiger partial charge in [-0.05, 0) is 79.6 Å². The fraction of sp³-hybridized carbons (Fsp3) is 0.171. The van der Waals surface area contributed by atoms with Crippen molar-refractivity contribution >= 4 is 58.5 Å². The van der Waals surface area contributed by atoms with Gasteiger partial charge in [-0.1, -0.05) is 48.9 Å². The zero-order valence-corrected chi connectivity index (χ0v) is 26.9. The molecule has 0 fully saturated rings. The molecule has 0 spiro atoms. The molecule has 4 rings (SSSR count). The Kier molecular flexibility index (Phi) is 11.7. The van der Waals surface area contributed by atoms with Gasteiger partial charge in [0, 0.05) is 38.5 Å². The van der Waals surface area contributed by atoms with E-state index in [0.717, 1.165) is 10.5 Å². The summed E-state index contributed by atoms with van der Waals surface area (Å²) in [4.78, 5) is 40.5. The van der Waals surface area contributed by atoms with Crippen molar-refractivity contribution in [2.24, 2.45) is 0 Å². The molecule has 0 aliphatic heterocycles. The molecule has 8 nitrogen and oxygen atoms in total. The zero-order valence-electron chi connectivity index (χ0n) is 25.3. The molecule has 0 aromatic heterocycles. The summed E-state index contributed by atoms with van der Waals surface area (Å²) in [5.41, 5.74) is 3.01. The van der Waals surface area contributed by atoms with Crippen molar-refractivity contribution in [3.05, 3.63) is 118 Å². The smallest absolute Gasteiger partial charge is 0.272 e. The lowest BCUT2D eigenvalue weighted by atomic mass is 10.1. The number of nitrogens with one attached hydrogen (secondary N) is 3. The number of methoxy groups -OCH3 is 2. The van der Waals surface area contributed by atoms with Crippen LogP contribution in [0.5, 0.6) is 11.5 Å². The second-order valence-corrected chi connectivity index (χ2v) is 11.6. The third-order valence-corrected chi connectivity index (χ3v) is 8.51. The predicted octanol–water partition coefficient (Wildman–Crippen LogP) is 7.58. The van der Waals surface area contributed by atoms with E-state index in [2.05, 4.69) is 16.0 Å². The van der Waals surface area contributed by atoms with Crippen molar-refractivity contribution in [3.8, 4) is 11.5 Å². The summed E-state index contributed by atoms with van der Waals surface area (Å²) in [6.45, 7) is 3.83. The van der Waals surface area contributed by atoms with Gasteiger partial charge >= 0.3 is 0 Å². The largest absolute Gasteiger partial charge is 0.497 e. The van der Waals surface area contributed by atoms with Crippen molar-refractivity contribution in [1.82, 2.24) is 5.32 Å². The minimum absolute atomic E-state index is 0.00736. The van der Waals surface area contributed by atoms with Crippen LogP contribution in [-0.2, 0) is 9.59 Å². The van der Waals surface area contributed by atoms with E-state index in [1.807, 2.05) is 32.0 Å². The van der Waals surface area contributed by atoms with E-state index < -0.39 is 11.8 Å². The molecule has 3 N–H and O–H groups in total. The van der Waals surface area contributed by atoms with Crippen molar-refractivity contribution in [1.29, 1.82) is 0 Å². The number of benzene rings is 4. The Morgan fingerprint density at radius 1 is 0.867 bits per heavy atom. The minimum Gasteiger partial charge on any atom is -0.497 e. The topological polar surface area (TPSA) is 106 Å². The van der Waals surface area contributed by atoms with Crippen molar-refractivity contribution in [2.45, 2.75) is 30.4 Å². The van der Waals surface area contributed by atoms with Gasteiger partial charge in [-0.2, -0.15) is 0 Å². The second-order valence-electron chi connectivity index (χ2n) is 9.94. The molecule has 10 heteroatoms. The van der Waals surface area contributed by atoms with Crippen LogP contribution in [0.4, 0.5) is 11.4 Å². The Morgan fingerprint density at radius 2 is 1.62 bits per heavy atom. The molecule has 45 heavy (non-hydrogen) atoms. The van der Waals surface area contributed by atoms with Crippen LogP contribution in [0.15, 0.2) is 102 Å². The van der Waals surface area contributed by atoms with Gasteiger partial charge in [0.05, 0.1) is 19.5 Å². The van der Waals surface area contributed by atoms with Crippen molar-refractivity contribution < 1.29 is 23.9 Å². The minimum atomic E-state index is -0.541. The molecule has 4 aromatic rings. The number of ether oxygens (including phenoxy) is 2. The molecule has 1 unspecified atom stereocenters. The first-order valence-electron chi connectivity index (χ1n) is 14.2. The summed E-state index contributed by atoms with van der Waals surface area (Å²) in [6, 6.07) is 26.4. The van der Waals surface area contributed by atoms with E-state index >= 15 is 0 Å². The number of aryl methyl sites for hydroxylation is 1. The highest BCUT2D eigenvalue weighted by Gasteiger charge is 2.20. The van der Waals surface area contributed by atoms with Crippen LogP contribution in [0.3, 0.4) is 0 Å². The number of carbonyl (C=O) groups excluding carboxylic acids is 3. The highest BCUT2D eigenvalue weighted by Crippen LogP contribution is 2.30. The van der Waals surface area contributed by atoms with Crippen LogP contribution in [0.25, 0.3) is 6.08 Å². The number of thioether (sulfide) groups is 1. The van der Waals surface area contributed by atoms with Crippen LogP contribution in [0.1, 0.15) is 34.8 Å². The second kappa shape index (κ2) is 15.8. The number of halogens is 1. The van der Waals surface area contributed by atoms with Crippen LogP contribution in [-0.4, -0.2) is 37.2 Å². The molecule has 0 aliphatic carbocycles. The van der Waals surface area contributed by atoms with E-state index in [1.54, 1.807) is 86.0 Å². The summed E-state index contributed by atoms with van der Waals surface area (Å²) < 4.78 is 10.8. The SMILES string of the molecule is CCC(Sc1cccc(NC(=O)/C(=C\c2ccc(OC)cc2OC)NC(=O)c2ccccc2)c1)C(=O)Nc1ccc(C)c(Cl)c1. The lowest BCUT2D eigenvalue weighted by Gasteiger charge is -2.16. The summed E-state index contributed by atoms with van der Waals surface area (Å²) in [6.07, 6.45) is 2.12. The molecule has 0 heterocycles. The average Bonchev–Trinajstić information content (AvgIpc) is 3.05. The predicted molar refractivity (Wildman–Crippen MR) is 181 cm³/mol. The van der Waals surface area contributed by atoms with Gasteiger partial charge in [-0.25, -0.2) is 0 Å². The van der Waals surface area contributed by atoms with Gasteiger partial charge in [-0.15, -0.1) is 11.8 Å². The van der Waals surface area contributed by atoms with E-state index in [9.17, 15) is 14.4 Å². The zero-order chi connectivity index (χ0) is 32.3. The van der Waals surface area contributed by atoms with Crippen molar-refractivity contribution in [3.63, 3.8) is 0 Å². The highest BCUT2D eigenvalue weighted by molar-refractivity contribution is 8.00. The molecule has 0 aliphatic rings. The fourth-order valence-electron chi connectivity index (χ4n) is 4.26. The molecule has 1 atom stereocenters. The maximum Gasteiger partial charge on any atom is 0.272 e. The first-order chi connectivity index (χ1) is 21.7. The molecule has 3 amide bonds. The number of hydrogen-bond acceptors (Lipinski definition) is 6. The fourth-order valence-corrected chi connectivity index (χ4v) is 5.45. The standard InChI is InChI=1S/C35H34ClN3O5S/c1-5-32(35(42)38-26-16-14-22(2)29(36)20-26)45-28-13-9-12-25(19-28)37-34(41)30(39-33(40)23-10-7-6-8-11-23)18-24-15-17-27(43-3)21-31(24)44-4/h6-21,32H,5H2,1-4H3,(H,37,41)(H,38,42)(H,39,40)/b30-18+.